The van der Waals surface area contributed by atoms with E-state index in [4.69, 9.17) is 0 Å². The summed E-state index contributed by atoms with van der Waals surface area (Å²) in [6, 6.07) is 94.6. The maximum Gasteiger partial charge on any atom is 0.252 e. The molecular formula is C96H94BN5. The van der Waals surface area contributed by atoms with Crippen molar-refractivity contribution in [2.24, 2.45) is 0 Å². The van der Waals surface area contributed by atoms with E-state index in [1.54, 1.807) is 0 Å². The molecule has 2 aliphatic rings. The predicted octanol–water partition coefficient (Wildman–Crippen LogP) is 24.5. The minimum atomic E-state index is -0.197. The third kappa shape index (κ3) is 10.5. The standard InChI is InChI=1S/C96H94BN5/c1-91(2,3)61-37-44-84-76(53-61)77-54-62(92(4,5)6)38-45-85(77)99(84)68-40-42-79-87(56-68)102(70-51-65(95(13,14)15)48-66(52-70)96(16,17)18)89-58-71(100-80-33-25-22-30-72(80)73-31-23-26-34-81(73)100)57-88-90(89)97(79)78-41-39-67(55-86(78)101(88)69-49-63(93(7,8)9)47-64(50-69)94(10,11)12)98-82-35-27-24-32-74(82)75-46-60(36-43-83(75)98)59-28-20-19-21-29-59/h19-58H,1-18H3. The molecule has 0 unspecified atom stereocenters. The Morgan fingerprint density at radius 3 is 0.931 bits per heavy atom. The van der Waals surface area contributed by atoms with Crippen LogP contribution in [0.5, 0.6) is 0 Å². The van der Waals surface area contributed by atoms with Crippen molar-refractivity contribution in [1.82, 2.24) is 13.7 Å². The summed E-state index contributed by atoms with van der Waals surface area (Å²) in [5.74, 6) is 0. The number of hydrogen-bond donors (Lipinski definition) is 0. The molecule has 15 aromatic rings. The van der Waals surface area contributed by atoms with Gasteiger partial charge in [-0.3, -0.25) is 0 Å². The molecule has 0 saturated carbocycles. The second kappa shape index (κ2) is 22.6. The van der Waals surface area contributed by atoms with E-state index in [1.165, 1.54) is 132 Å². The zero-order valence-electron chi connectivity index (χ0n) is 62.9. The van der Waals surface area contributed by atoms with Gasteiger partial charge < -0.3 is 23.5 Å². The van der Waals surface area contributed by atoms with Crippen molar-refractivity contribution in [3.8, 4) is 28.2 Å². The zero-order valence-corrected chi connectivity index (χ0v) is 62.9. The van der Waals surface area contributed by atoms with Crippen LogP contribution in [0.1, 0.15) is 158 Å². The Labute approximate surface area is 603 Å². The highest BCUT2D eigenvalue weighted by atomic mass is 15.2. The highest BCUT2D eigenvalue weighted by Gasteiger charge is 2.45. The molecule has 102 heavy (non-hydrogen) atoms. The molecular weight excluding hydrogens is 1230 g/mol. The number of para-hydroxylation sites is 3. The van der Waals surface area contributed by atoms with Gasteiger partial charge in [-0.1, -0.05) is 252 Å². The summed E-state index contributed by atoms with van der Waals surface area (Å²) < 4.78 is 7.65. The van der Waals surface area contributed by atoms with E-state index in [1.807, 2.05) is 0 Å². The van der Waals surface area contributed by atoms with E-state index in [0.29, 0.717) is 0 Å². The molecule has 5 heterocycles. The average molecular weight is 1330 g/mol. The number of fused-ring (bicyclic) bond motifs is 13. The van der Waals surface area contributed by atoms with Crippen LogP contribution in [0.4, 0.5) is 34.1 Å². The molecule has 0 bridgehead atoms. The third-order valence-corrected chi connectivity index (χ3v) is 22.5. The molecule has 506 valence electrons. The van der Waals surface area contributed by atoms with Gasteiger partial charge >= 0.3 is 0 Å². The SMILES string of the molecule is CC(C)(C)c1cc(N2c3cc(-n4c5ccccc5c5cc(-c6ccccc6)ccc54)ccc3B3c4ccc(-n5c6ccc(C(C)(C)C)cc6c6cc(C(C)(C)C)ccc65)cc4N(c4cc(C(C)(C)C)cc(C(C)(C)C)c4)c4cc(-n5c6ccccc6c6ccccc65)cc2c43)cc(C(C)(C)C)c1. The summed E-state index contributed by atoms with van der Waals surface area (Å²) >= 11 is 0. The Morgan fingerprint density at radius 1 is 0.216 bits per heavy atom. The summed E-state index contributed by atoms with van der Waals surface area (Å²) in [6.45, 7) is 42.3. The maximum atomic E-state index is 2.70. The summed E-state index contributed by atoms with van der Waals surface area (Å²) in [6.07, 6.45) is 0. The molecule has 0 fully saturated rings. The Balaban J connectivity index is 1.03. The van der Waals surface area contributed by atoms with Crippen molar-refractivity contribution in [3.63, 3.8) is 0 Å². The van der Waals surface area contributed by atoms with Crippen LogP contribution in [0.15, 0.2) is 243 Å². The number of hydrogen-bond acceptors (Lipinski definition) is 2. The second-order valence-corrected chi connectivity index (χ2v) is 35.6. The number of aromatic nitrogens is 3. The molecule has 3 aromatic heterocycles. The van der Waals surface area contributed by atoms with Gasteiger partial charge in [-0.25, -0.2) is 0 Å². The topological polar surface area (TPSA) is 21.3 Å². The Morgan fingerprint density at radius 2 is 0.539 bits per heavy atom. The number of rotatable bonds is 6. The number of benzene rings is 12. The van der Waals surface area contributed by atoms with E-state index in [0.717, 1.165) is 45.5 Å². The Bertz CT molecular complexity index is 5770. The summed E-state index contributed by atoms with van der Waals surface area (Å²) in [7, 11) is 0. The zero-order chi connectivity index (χ0) is 71.2. The van der Waals surface area contributed by atoms with Gasteiger partial charge in [0.25, 0.3) is 6.71 Å². The lowest BCUT2D eigenvalue weighted by Gasteiger charge is -2.45. The van der Waals surface area contributed by atoms with Gasteiger partial charge in [0.1, 0.15) is 0 Å². The molecule has 0 atom stereocenters. The predicted molar refractivity (Wildman–Crippen MR) is 441 cm³/mol. The van der Waals surface area contributed by atoms with Crippen LogP contribution < -0.4 is 26.2 Å². The van der Waals surface area contributed by atoms with Crippen molar-refractivity contribution in [1.29, 1.82) is 0 Å². The fourth-order valence-electron chi connectivity index (χ4n) is 16.6. The molecule has 5 nitrogen and oxygen atoms in total. The highest BCUT2D eigenvalue weighted by Crippen LogP contribution is 2.51. The fraction of sp³-hybridized carbons (Fsp3) is 0.250. The smallest absolute Gasteiger partial charge is 0.252 e. The third-order valence-electron chi connectivity index (χ3n) is 22.5. The van der Waals surface area contributed by atoms with E-state index in [-0.39, 0.29) is 39.2 Å². The molecule has 0 N–H and O–H groups in total. The second-order valence-electron chi connectivity index (χ2n) is 35.6. The summed E-state index contributed by atoms with van der Waals surface area (Å²) in [5, 5.41) is 7.48. The molecule has 0 spiro atoms. The molecule has 6 heteroatoms. The fourth-order valence-corrected chi connectivity index (χ4v) is 16.6. The van der Waals surface area contributed by atoms with Crippen molar-refractivity contribution in [2.45, 2.75) is 157 Å². The van der Waals surface area contributed by atoms with Crippen LogP contribution >= 0.6 is 0 Å². The van der Waals surface area contributed by atoms with E-state index in [2.05, 4.69) is 391 Å². The van der Waals surface area contributed by atoms with Crippen LogP contribution in [0.25, 0.3) is 93.6 Å². The molecule has 17 rings (SSSR count). The Kier molecular flexibility index (Phi) is 14.4. The first-order chi connectivity index (χ1) is 48.4. The lowest BCUT2D eigenvalue weighted by Crippen LogP contribution is -2.61. The lowest BCUT2D eigenvalue weighted by atomic mass is 9.33. The van der Waals surface area contributed by atoms with Gasteiger partial charge in [0.15, 0.2) is 0 Å². The number of anilines is 6. The van der Waals surface area contributed by atoms with Crippen molar-refractivity contribution < 1.29 is 0 Å². The van der Waals surface area contributed by atoms with Crippen molar-refractivity contribution in [2.75, 3.05) is 9.80 Å². The summed E-state index contributed by atoms with van der Waals surface area (Å²) in [4.78, 5) is 5.39. The maximum absolute atomic E-state index is 2.70. The van der Waals surface area contributed by atoms with Gasteiger partial charge in [0, 0.05) is 77.8 Å². The molecule has 0 radical (unpaired) electrons. The lowest BCUT2D eigenvalue weighted by molar-refractivity contribution is 0.568. The normalized spacial score (nSPS) is 13.7. The van der Waals surface area contributed by atoms with Gasteiger partial charge in [0.2, 0.25) is 0 Å². The molecule has 0 amide bonds. The quantitative estimate of drug-likeness (QED) is 0.155. The van der Waals surface area contributed by atoms with Gasteiger partial charge in [-0.2, -0.15) is 0 Å². The molecule has 2 aliphatic heterocycles. The first-order valence-electron chi connectivity index (χ1n) is 36.9. The van der Waals surface area contributed by atoms with Crippen LogP contribution in [0.3, 0.4) is 0 Å². The van der Waals surface area contributed by atoms with Crippen LogP contribution in [-0.4, -0.2) is 20.4 Å². The van der Waals surface area contributed by atoms with Gasteiger partial charge in [0.05, 0.1) is 38.8 Å². The largest absolute Gasteiger partial charge is 0.311 e. The first-order valence-corrected chi connectivity index (χ1v) is 36.9. The van der Waals surface area contributed by atoms with Crippen molar-refractivity contribution in [3.05, 3.63) is 276 Å². The van der Waals surface area contributed by atoms with Crippen LogP contribution in [0, 0.1) is 0 Å². The first kappa shape index (κ1) is 65.0. The minimum absolute atomic E-state index is 0.0403. The molecule has 0 saturated heterocycles. The van der Waals surface area contributed by atoms with Gasteiger partial charge in [-0.05, 0) is 209 Å². The van der Waals surface area contributed by atoms with Crippen molar-refractivity contribution >= 4 is 123 Å². The minimum Gasteiger partial charge on any atom is -0.311 e. The highest BCUT2D eigenvalue weighted by molar-refractivity contribution is 7.00. The van der Waals surface area contributed by atoms with E-state index < -0.39 is 0 Å². The van der Waals surface area contributed by atoms with Crippen LogP contribution in [-0.2, 0) is 32.5 Å². The van der Waals surface area contributed by atoms with Gasteiger partial charge in [-0.15, -0.1) is 0 Å². The summed E-state index contributed by atoms with van der Waals surface area (Å²) in [5.41, 5.74) is 30.7. The van der Waals surface area contributed by atoms with E-state index in [9.17, 15) is 0 Å². The number of nitrogens with zero attached hydrogens (tertiary/aromatic N) is 5. The Hall–Kier alpha value is -10.3. The monoisotopic (exact) mass is 1330 g/mol. The molecule has 12 aromatic carbocycles. The van der Waals surface area contributed by atoms with E-state index >= 15 is 0 Å². The van der Waals surface area contributed by atoms with Crippen LogP contribution in [0.2, 0.25) is 0 Å². The molecule has 0 aliphatic carbocycles. The average Bonchev–Trinajstić information content (AvgIpc) is 0.754.